The molecule has 0 saturated carbocycles. The largest absolute Gasteiger partial charge is 0.392 e. The maximum atomic E-state index is 11.6. The Balaban J connectivity index is 2.71. The zero-order valence-electron chi connectivity index (χ0n) is 7.07. The van der Waals surface area contributed by atoms with Crippen molar-refractivity contribution < 1.29 is 14.0 Å². The fourth-order valence-corrected chi connectivity index (χ4v) is 1.21. The molecular weight excluding hydrogens is 209 g/mol. The quantitative estimate of drug-likeness (QED) is 0.442. The van der Waals surface area contributed by atoms with Crippen molar-refractivity contribution in [1.82, 2.24) is 4.98 Å². The standard InChI is InChI=1S/C7H7FN3O2S/c8-1-2-13-11-5(3-12)6-4-14-7(9)10-6/h4H,1-2H2,(H2,9,10). The number of alkyl halides is 1. The Morgan fingerprint density at radius 2 is 2.64 bits per heavy atom. The number of nitrogens with two attached hydrogens (primary N) is 1. The van der Waals surface area contributed by atoms with Crippen LogP contribution >= 0.6 is 11.3 Å². The lowest BCUT2D eigenvalue weighted by molar-refractivity contribution is 0.128. The summed E-state index contributed by atoms with van der Waals surface area (Å²) >= 11 is 1.16. The molecule has 0 aliphatic heterocycles. The summed E-state index contributed by atoms with van der Waals surface area (Å²) in [6, 6.07) is 0. The van der Waals surface area contributed by atoms with Crippen molar-refractivity contribution in [2.45, 2.75) is 0 Å². The minimum absolute atomic E-state index is 0.119. The van der Waals surface area contributed by atoms with Crippen molar-refractivity contribution in [1.29, 1.82) is 0 Å². The van der Waals surface area contributed by atoms with Gasteiger partial charge in [-0.1, -0.05) is 5.16 Å². The molecule has 0 atom stereocenters. The van der Waals surface area contributed by atoms with E-state index in [9.17, 15) is 9.18 Å². The zero-order chi connectivity index (χ0) is 10.4. The average Bonchev–Trinajstić information content (AvgIpc) is 2.60. The van der Waals surface area contributed by atoms with E-state index in [1.165, 1.54) is 11.7 Å². The fraction of sp³-hybridized carbons (Fsp3) is 0.286. The summed E-state index contributed by atoms with van der Waals surface area (Å²) in [4.78, 5) is 18.7. The van der Waals surface area contributed by atoms with Crippen LogP contribution in [0.15, 0.2) is 10.5 Å². The van der Waals surface area contributed by atoms with E-state index in [-0.39, 0.29) is 18.0 Å². The highest BCUT2D eigenvalue weighted by atomic mass is 32.1. The SMILES string of the molecule is Nc1nc(C([C]=O)=NOCCF)cs1. The number of aromatic nitrogens is 1. The zero-order valence-corrected chi connectivity index (χ0v) is 7.88. The van der Waals surface area contributed by atoms with Gasteiger partial charge in [-0.3, -0.25) is 4.79 Å². The van der Waals surface area contributed by atoms with Crippen LogP contribution in [0.2, 0.25) is 0 Å². The van der Waals surface area contributed by atoms with Gasteiger partial charge in [0.2, 0.25) is 0 Å². The summed E-state index contributed by atoms with van der Waals surface area (Å²) < 4.78 is 11.6. The van der Waals surface area contributed by atoms with Crippen molar-refractivity contribution in [3.05, 3.63) is 11.1 Å². The number of nitrogen functional groups attached to an aromatic ring is 1. The molecule has 0 bridgehead atoms. The number of rotatable bonds is 5. The molecule has 75 valence electrons. The molecule has 0 fully saturated rings. The Morgan fingerprint density at radius 3 is 3.14 bits per heavy atom. The van der Waals surface area contributed by atoms with Gasteiger partial charge in [-0.05, 0) is 0 Å². The number of hydrogen-bond acceptors (Lipinski definition) is 6. The topological polar surface area (TPSA) is 77.6 Å². The lowest BCUT2D eigenvalue weighted by atomic mass is 10.3. The second kappa shape index (κ2) is 5.28. The maximum absolute atomic E-state index is 11.6. The highest BCUT2D eigenvalue weighted by molar-refractivity contribution is 7.13. The number of oxime groups is 1. The highest BCUT2D eigenvalue weighted by Gasteiger charge is 2.08. The summed E-state index contributed by atoms with van der Waals surface area (Å²) in [7, 11) is 0. The monoisotopic (exact) mass is 216 g/mol. The molecule has 0 unspecified atom stereocenters. The number of hydrogen-bond donors (Lipinski definition) is 1. The minimum atomic E-state index is -0.672. The molecule has 1 heterocycles. The van der Waals surface area contributed by atoms with Gasteiger partial charge in [-0.25, -0.2) is 9.37 Å². The summed E-state index contributed by atoms with van der Waals surface area (Å²) in [5, 5.41) is 5.21. The molecule has 0 aromatic carbocycles. The Bertz CT molecular complexity index is 339. The Kier molecular flexibility index (Phi) is 3.99. The molecule has 1 rings (SSSR count). The predicted octanol–water partition coefficient (Wildman–Crippen LogP) is 0.525. The summed E-state index contributed by atoms with van der Waals surface area (Å²) in [5.41, 5.74) is 5.51. The molecule has 7 heteroatoms. The van der Waals surface area contributed by atoms with Gasteiger partial charge < -0.3 is 10.6 Å². The molecule has 0 saturated heterocycles. The first-order chi connectivity index (χ1) is 6.77. The van der Waals surface area contributed by atoms with Crippen LogP contribution in [-0.2, 0) is 9.63 Å². The Labute approximate surface area is 83.4 Å². The normalized spacial score (nSPS) is 11.4. The van der Waals surface area contributed by atoms with Crippen LogP contribution in [0.25, 0.3) is 0 Å². The number of thiazole rings is 1. The molecule has 0 aliphatic carbocycles. The van der Waals surface area contributed by atoms with Crippen LogP contribution in [0.1, 0.15) is 5.69 Å². The second-order valence-electron chi connectivity index (χ2n) is 2.14. The van der Waals surface area contributed by atoms with Gasteiger partial charge in [0.05, 0.1) is 0 Å². The third kappa shape index (κ3) is 2.77. The maximum Gasteiger partial charge on any atom is 0.259 e. The van der Waals surface area contributed by atoms with Gasteiger partial charge in [0, 0.05) is 5.38 Å². The molecular formula is C7H7FN3O2S. The fourth-order valence-electron chi connectivity index (χ4n) is 0.659. The van der Waals surface area contributed by atoms with E-state index >= 15 is 0 Å². The van der Waals surface area contributed by atoms with Gasteiger partial charge in [0.1, 0.15) is 19.0 Å². The van der Waals surface area contributed by atoms with Crippen molar-refractivity contribution in [2.75, 3.05) is 19.0 Å². The van der Waals surface area contributed by atoms with Crippen LogP contribution in [0.4, 0.5) is 9.52 Å². The lowest BCUT2D eigenvalue weighted by Crippen LogP contribution is -2.05. The molecule has 0 aliphatic rings. The van der Waals surface area contributed by atoms with Gasteiger partial charge in [-0.2, -0.15) is 0 Å². The van der Waals surface area contributed by atoms with E-state index in [1.807, 2.05) is 0 Å². The van der Waals surface area contributed by atoms with Crippen LogP contribution in [-0.4, -0.2) is 30.3 Å². The minimum Gasteiger partial charge on any atom is -0.392 e. The summed E-state index contributed by atoms with van der Waals surface area (Å²) in [6.07, 6.45) is 1.53. The molecule has 2 N–H and O–H groups in total. The number of nitrogens with zero attached hydrogens (tertiary/aromatic N) is 2. The van der Waals surface area contributed by atoms with E-state index in [1.54, 1.807) is 0 Å². The second-order valence-corrected chi connectivity index (χ2v) is 3.02. The van der Waals surface area contributed by atoms with Crippen LogP contribution < -0.4 is 5.73 Å². The third-order valence-electron chi connectivity index (χ3n) is 1.19. The van der Waals surface area contributed by atoms with E-state index in [0.29, 0.717) is 5.13 Å². The van der Waals surface area contributed by atoms with Crippen LogP contribution in [0.5, 0.6) is 0 Å². The Hall–Kier alpha value is -1.50. The molecule has 1 radical (unpaired) electrons. The third-order valence-corrected chi connectivity index (χ3v) is 1.86. The lowest BCUT2D eigenvalue weighted by Gasteiger charge is -1.94. The molecule has 1 aromatic rings. The Morgan fingerprint density at radius 1 is 1.86 bits per heavy atom. The number of halogens is 1. The molecule has 0 amide bonds. The highest BCUT2D eigenvalue weighted by Crippen LogP contribution is 2.11. The predicted molar refractivity (Wildman–Crippen MR) is 50.7 cm³/mol. The first-order valence-corrected chi connectivity index (χ1v) is 4.51. The van der Waals surface area contributed by atoms with Crippen molar-refractivity contribution >= 4 is 28.5 Å². The van der Waals surface area contributed by atoms with Crippen molar-refractivity contribution in [2.24, 2.45) is 5.16 Å². The average molecular weight is 216 g/mol. The van der Waals surface area contributed by atoms with E-state index in [2.05, 4.69) is 15.0 Å². The smallest absolute Gasteiger partial charge is 0.259 e. The van der Waals surface area contributed by atoms with Crippen molar-refractivity contribution in [3.63, 3.8) is 0 Å². The number of anilines is 1. The van der Waals surface area contributed by atoms with E-state index in [0.717, 1.165) is 11.3 Å². The first-order valence-electron chi connectivity index (χ1n) is 3.63. The summed E-state index contributed by atoms with van der Waals surface area (Å²) in [5.74, 6) is 0. The first kappa shape index (κ1) is 10.6. The van der Waals surface area contributed by atoms with Crippen LogP contribution in [0.3, 0.4) is 0 Å². The molecule has 0 spiro atoms. The summed E-state index contributed by atoms with van der Waals surface area (Å²) in [6.45, 7) is -0.875. The molecule has 5 nitrogen and oxygen atoms in total. The van der Waals surface area contributed by atoms with Gasteiger partial charge in [0.25, 0.3) is 6.29 Å². The molecule has 14 heavy (non-hydrogen) atoms. The van der Waals surface area contributed by atoms with E-state index in [4.69, 9.17) is 5.73 Å². The number of carbonyl (C=O) groups excluding carboxylic acids is 1. The molecule has 1 aromatic heterocycles. The van der Waals surface area contributed by atoms with E-state index < -0.39 is 6.67 Å². The van der Waals surface area contributed by atoms with Gasteiger partial charge in [0.15, 0.2) is 10.8 Å². The van der Waals surface area contributed by atoms with Crippen molar-refractivity contribution in [3.8, 4) is 0 Å². The van der Waals surface area contributed by atoms with Crippen LogP contribution in [0, 0.1) is 0 Å². The van der Waals surface area contributed by atoms with Gasteiger partial charge in [-0.15, -0.1) is 11.3 Å². The van der Waals surface area contributed by atoms with Gasteiger partial charge >= 0.3 is 0 Å².